The van der Waals surface area contributed by atoms with Crippen LogP contribution in [-0.4, -0.2) is 42.0 Å². The Morgan fingerprint density at radius 2 is 1.90 bits per heavy atom. The lowest BCUT2D eigenvalue weighted by atomic mass is 10.2. The lowest BCUT2D eigenvalue weighted by Crippen LogP contribution is -2.27. The topological polar surface area (TPSA) is 48.0 Å². The number of para-hydroxylation sites is 1. The van der Waals surface area contributed by atoms with Crippen molar-refractivity contribution in [1.29, 1.82) is 0 Å². The van der Waals surface area contributed by atoms with Gasteiger partial charge in [-0.25, -0.2) is 0 Å². The lowest BCUT2D eigenvalue weighted by molar-refractivity contribution is -0.121. The Morgan fingerprint density at radius 3 is 2.57 bits per heavy atom. The van der Waals surface area contributed by atoms with Crippen molar-refractivity contribution in [1.82, 2.24) is 4.90 Å². The van der Waals surface area contributed by atoms with E-state index >= 15 is 0 Å². The molecule has 0 spiro atoms. The van der Waals surface area contributed by atoms with E-state index < -0.39 is 0 Å². The van der Waals surface area contributed by atoms with E-state index in [9.17, 15) is 4.79 Å². The molecule has 0 atom stereocenters. The minimum absolute atomic E-state index is 0.0729. The fraction of sp³-hybridized carbons (Fsp3) is 0.273. The second-order valence-electron chi connectivity index (χ2n) is 6.42. The van der Waals surface area contributed by atoms with Crippen LogP contribution in [0.25, 0.3) is 6.08 Å². The van der Waals surface area contributed by atoms with E-state index in [1.54, 1.807) is 12.0 Å². The highest BCUT2D eigenvalue weighted by molar-refractivity contribution is 9.10. The van der Waals surface area contributed by atoms with Gasteiger partial charge in [-0.1, -0.05) is 42.2 Å². The predicted molar refractivity (Wildman–Crippen MR) is 128 cm³/mol. The third-order valence-electron chi connectivity index (χ3n) is 4.42. The Morgan fingerprint density at radius 1 is 1.17 bits per heavy atom. The summed E-state index contributed by atoms with van der Waals surface area (Å²) in [6.45, 7) is 5.23. The molecule has 1 heterocycles. The van der Waals surface area contributed by atoms with Gasteiger partial charge in [-0.3, -0.25) is 9.69 Å². The molecule has 3 rings (SSSR count). The molecule has 0 unspecified atom stereocenters. The zero-order valence-corrected chi connectivity index (χ0v) is 20.2. The van der Waals surface area contributed by atoms with Crippen molar-refractivity contribution in [3.05, 3.63) is 56.9 Å². The summed E-state index contributed by atoms with van der Waals surface area (Å²) >= 11 is 10.1. The molecule has 1 amide bonds. The van der Waals surface area contributed by atoms with Crippen LogP contribution in [0.15, 0.2) is 45.8 Å². The second kappa shape index (κ2) is 10.3. The molecular formula is C22H22BrNO4S2. The smallest absolute Gasteiger partial charge is 0.266 e. The molecule has 5 nitrogen and oxygen atoms in total. The zero-order valence-electron chi connectivity index (χ0n) is 16.9. The maximum Gasteiger partial charge on any atom is 0.266 e. The van der Waals surface area contributed by atoms with Crippen LogP contribution in [0.2, 0.25) is 0 Å². The molecule has 0 aromatic heterocycles. The summed E-state index contributed by atoms with van der Waals surface area (Å²) in [5, 5.41) is 0. The highest BCUT2D eigenvalue weighted by Crippen LogP contribution is 2.39. The molecule has 0 aliphatic carbocycles. The Bertz CT molecular complexity index is 993. The van der Waals surface area contributed by atoms with Crippen LogP contribution in [-0.2, 0) is 4.79 Å². The van der Waals surface area contributed by atoms with Crippen molar-refractivity contribution >= 4 is 56.2 Å². The summed E-state index contributed by atoms with van der Waals surface area (Å²) < 4.78 is 18.5. The van der Waals surface area contributed by atoms with E-state index in [2.05, 4.69) is 15.9 Å². The molecule has 1 aliphatic heterocycles. The van der Waals surface area contributed by atoms with Crippen molar-refractivity contribution in [3.63, 3.8) is 0 Å². The maximum absolute atomic E-state index is 12.4. The van der Waals surface area contributed by atoms with E-state index in [4.69, 9.17) is 26.4 Å². The maximum atomic E-state index is 12.4. The molecule has 1 fully saturated rings. The molecule has 2 aromatic carbocycles. The van der Waals surface area contributed by atoms with Crippen molar-refractivity contribution < 1.29 is 19.0 Å². The SMILES string of the molecule is CCN1C(=O)/C(=C/c2cc(Br)c(OCCOc3ccccc3C)c(OC)c2)SC1=S. The van der Waals surface area contributed by atoms with Gasteiger partial charge in [0.1, 0.15) is 23.3 Å². The highest BCUT2D eigenvalue weighted by Gasteiger charge is 2.30. The number of carbonyl (C=O) groups is 1. The minimum Gasteiger partial charge on any atom is -0.493 e. The van der Waals surface area contributed by atoms with Gasteiger partial charge in [0, 0.05) is 6.54 Å². The first-order chi connectivity index (χ1) is 14.4. The number of nitrogens with zero attached hydrogens (tertiary/aromatic N) is 1. The average Bonchev–Trinajstić information content (AvgIpc) is 2.99. The van der Waals surface area contributed by atoms with Crippen LogP contribution in [0.3, 0.4) is 0 Å². The Balaban J connectivity index is 1.70. The summed E-state index contributed by atoms with van der Waals surface area (Å²) in [6, 6.07) is 11.6. The van der Waals surface area contributed by atoms with Crippen LogP contribution in [0, 0.1) is 6.92 Å². The molecule has 0 N–H and O–H groups in total. The van der Waals surface area contributed by atoms with Gasteiger partial charge in [0.15, 0.2) is 11.5 Å². The zero-order chi connectivity index (χ0) is 21.7. The number of benzene rings is 2. The number of halogens is 1. The van der Waals surface area contributed by atoms with Gasteiger partial charge in [-0.2, -0.15) is 0 Å². The number of rotatable bonds is 8. The van der Waals surface area contributed by atoms with E-state index in [0.717, 1.165) is 21.3 Å². The van der Waals surface area contributed by atoms with Gasteiger partial charge in [-0.15, -0.1) is 0 Å². The first kappa shape index (κ1) is 22.7. The van der Waals surface area contributed by atoms with Crippen LogP contribution < -0.4 is 14.2 Å². The van der Waals surface area contributed by atoms with Crippen molar-refractivity contribution in [2.24, 2.45) is 0 Å². The summed E-state index contributed by atoms with van der Waals surface area (Å²) in [5.41, 5.74) is 1.90. The Kier molecular flexibility index (Phi) is 7.80. The van der Waals surface area contributed by atoms with Gasteiger partial charge in [0.25, 0.3) is 5.91 Å². The molecule has 0 bridgehead atoms. The summed E-state index contributed by atoms with van der Waals surface area (Å²) in [6.07, 6.45) is 1.81. The summed E-state index contributed by atoms with van der Waals surface area (Å²) in [5.74, 6) is 1.92. The van der Waals surface area contributed by atoms with Gasteiger partial charge >= 0.3 is 0 Å². The summed E-state index contributed by atoms with van der Waals surface area (Å²) in [4.78, 5) is 14.6. The van der Waals surface area contributed by atoms with Crippen molar-refractivity contribution in [2.75, 3.05) is 26.9 Å². The predicted octanol–water partition coefficient (Wildman–Crippen LogP) is 5.45. The number of thioether (sulfide) groups is 1. The number of carbonyl (C=O) groups excluding carboxylic acids is 1. The quantitative estimate of drug-likeness (QED) is 0.269. The van der Waals surface area contributed by atoms with E-state index in [1.807, 2.05) is 56.3 Å². The van der Waals surface area contributed by atoms with Crippen LogP contribution in [0.5, 0.6) is 17.2 Å². The molecule has 1 aliphatic rings. The van der Waals surface area contributed by atoms with Crippen LogP contribution in [0.1, 0.15) is 18.1 Å². The van der Waals surface area contributed by atoms with Gasteiger partial charge in [0.05, 0.1) is 16.5 Å². The number of hydrogen-bond donors (Lipinski definition) is 0. The third-order valence-corrected chi connectivity index (χ3v) is 6.39. The normalized spacial score (nSPS) is 15.1. The molecule has 2 aromatic rings. The fourth-order valence-electron chi connectivity index (χ4n) is 2.90. The van der Waals surface area contributed by atoms with E-state index in [0.29, 0.717) is 40.5 Å². The number of thiocarbonyl (C=S) groups is 1. The number of likely N-dealkylation sites (N-methyl/N-ethyl adjacent to an activating group) is 1. The molecule has 158 valence electrons. The number of amides is 1. The van der Waals surface area contributed by atoms with Crippen LogP contribution in [0.4, 0.5) is 0 Å². The van der Waals surface area contributed by atoms with Crippen molar-refractivity contribution in [2.45, 2.75) is 13.8 Å². The number of hydrogen-bond acceptors (Lipinski definition) is 6. The molecule has 0 saturated carbocycles. The van der Waals surface area contributed by atoms with E-state index in [-0.39, 0.29) is 5.91 Å². The number of aryl methyl sites for hydroxylation is 1. The van der Waals surface area contributed by atoms with Gasteiger partial charge < -0.3 is 14.2 Å². The first-order valence-electron chi connectivity index (χ1n) is 9.38. The molecule has 30 heavy (non-hydrogen) atoms. The summed E-state index contributed by atoms with van der Waals surface area (Å²) in [7, 11) is 1.58. The molecule has 8 heteroatoms. The monoisotopic (exact) mass is 507 g/mol. The molecule has 0 radical (unpaired) electrons. The lowest BCUT2D eigenvalue weighted by Gasteiger charge is -2.14. The van der Waals surface area contributed by atoms with Crippen molar-refractivity contribution in [3.8, 4) is 17.2 Å². The first-order valence-corrected chi connectivity index (χ1v) is 11.4. The van der Waals surface area contributed by atoms with Gasteiger partial charge in [0.2, 0.25) is 0 Å². The number of methoxy groups -OCH3 is 1. The number of ether oxygens (including phenoxy) is 3. The third kappa shape index (κ3) is 5.17. The van der Waals surface area contributed by atoms with Crippen LogP contribution >= 0.6 is 39.9 Å². The molecule has 1 saturated heterocycles. The Hall–Kier alpha value is -2.03. The standard InChI is InChI=1S/C22H22BrNO4S2/c1-4-24-21(25)19(30-22(24)29)13-15-11-16(23)20(18(12-15)26-3)28-10-9-27-17-8-6-5-7-14(17)2/h5-8,11-13H,4,9-10H2,1-3H3/b19-13-. The van der Waals surface area contributed by atoms with E-state index in [1.165, 1.54) is 11.8 Å². The average molecular weight is 508 g/mol. The fourth-order valence-corrected chi connectivity index (χ4v) is 4.86. The molecular weight excluding hydrogens is 486 g/mol. The highest BCUT2D eigenvalue weighted by atomic mass is 79.9. The Labute approximate surface area is 194 Å². The minimum atomic E-state index is -0.0729. The largest absolute Gasteiger partial charge is 0.493 e. The van der Waals surface area contributed by atoms with Gasteiger partial charge in [-0.05, 0) is 65.2 Å². The second-order valence-corrected chi connectivity index (χ2v) is 8.95.